The van der Waals surface area contributed by atoms with Crippen molar-refractivity contribution in [2.75, 3.05) is 20.2 Å². The largest absolute Gasteiger partial charge is 0.507 e. The first kappa shape index (κ1) is 15.8. The van der Waals surface area contributed by atoms with E-state index in [4.69, 9.17) is 4.74 Å². The Morgan fingerprint density at radius 3 is 2.58 bits per heavy atom. The van der Waals surface area contributed by atoms with Crippen LogP contribution < -0.4 is 4.74 Å². The van der Waals surface area contributed by atoms with Gasteiger partial charge in [-0.2, -0.15) is 0 Å². The number of hydrogen-bond acceptors (Lipinski definition) is 3. The van der Waals surface area contributed by atoms with Gasteiger partial charge in [0.25, 0.3) is 0 Å². The molecule has 19 heavy (non-hydrogen) atoms. The molecule has 0 aliphatic rings. The molecule has 1 rings (SSSR count). The molecular weight excluding hydrogens is 238 g/mol. The van der Waals surface area contributed by atoms with Crippen LogP contribution in [-0.4, -0.2) is 30.2 Å². The van der Waals surface area contributed by atoms with Crippen molar-refractivity contribution in [2.45, 2.75) is 46.1 Å². The van der Waals surface area contributed by atoms with Crippen LogP contribution in [0.25, 0.3) is 0 Å². The van der Waals surface area contributed by atoms with Crippen LogP contribution in [0, 0.1) is 0 Å². The second kappa shape index (κ2) is 8.81. The zero-order chi connectivity index (χ0) is 14.1. The maximum atomic E-state index is 10.0. The predicted molar refractivity (Wildman–Crippen MR) is 79.8 cm³/mol. The van der Waals surface area contributed by atoms with Gasteiger partial charge < -0.3 is 14.7 Å². The number of benzene rings is 1. The van der Waals surface area contributed by atoms with Gasteiger partial charge in [0.1, 0.15) is 11.5 Å². The first-order chi connectivity index (χ1) is 9.17. The van der Waals surface area contributed by atoms with E-state index in [-0.39, 0.29) is 0 Å². The van der Waals surface area contributed by atoms with Crippen LogP contribution in [0.15, 0.2) is 18.2 Å². The molecule has 0 aromatic heterocycles. The molecule has 0 aliphatic carbocycles. The van der Waals surface area contributed by atoms with E-state index in [9.17, 15) is 5.11 Å². The summed E-state index contributed by atoms with van der Waals surface area (Å²) in [7, 11) is 2.09. The molecule has 1 aromatic carbocycles. The van der Waals surface area contributed by atoms with Gasteiger partial charge in [0, 0.05) is 18.2 Å². The fraction of sp³-hybridized carbons (Fsp3) is 0.625. The summed E-state index contributed by atoms with van der Waals surface area (Å²) in [5, 5.41) is 10.0. The van der Waals surface area contributed by atoms with E-state index in [1.54, 1.807) is 6.07 Å². The second-order valence-electron chi connectivity index (χ2n) is 5.08. The fourth-order valence-electron chi connectivity index (χ4n) is 1.99. The minimum absolute atomic E-state index is 0.330. The molecule has 0 bridgehead atoms. The standard InChI is InChI=1S/C16H27NO2/c1-4-6-7-10-17(3)13-14-8-9-15(12-16(14)18)19-11-5-2/h8-9,12,18H,4-7,10-11,13H2,1-3H3. The van der Waals surface area contributed by atoms with Gasteiger partial charge >= 0.3 is 0 Å². The number of phenolic OH excluding ortho intramolecular Hbond substituents is 1. The quantitative estimate of drug-likeness (QED) is 0.689. The van der Waals surface area contributed by atoms with E-state index in [1.165, 1.54) is 19.3 Å². The Balaban J connectivity index is 2.49. The maximum absolute atomic E-state index is 10.0. The Kier molecular flexibility index (Phi) is 7.34. The van der Waals surface area contributed by atoms with Crippen molar-refractivity contribution in [3.8, 4) is 11.5 Å². The third kappa shape index (κ3) is 5.97. The molecule has 0 spiro atoms. The van der Waals surface area contributed by atoms with E-state index in [0.29, 0.717) is 12.4 Å². The molecule has 0 saturated carbocycles. The van der Waals surface area contributed by atoms with Crippen LogP contribution in [0.3, 0.4) is 0 Å². The molecular formula is C16H27NO2. The van der Waals surface area contributed by atoms with E-state index in [0.717, 1.165) is 30.8 Å². The van der Waals surface area contributed by atoms with Crippen molar-refractivity contribution in [1.29, 1.82) is 0 Å². The van der Waals surface area contributed by atoms with E-state index >= 15 is 0 Å². The summed E-state index contributed by atoms with van der Waals surface area (Å²) < 4.78 is 5.50. The van der Waals surface area contributed by atoms with Gasteiger partial charge in [0.2, 0.25) is 0 Å². The predicted octanol–water partition coefficient (Wildman–Crippen LogP) is 3.80. The van der Waals surface area contributed by atoms with Crippen LogP contribution in [0.1, 0.15) is 45.1 Å². The minimum Gasteiger partial charge on any atom is -0.507 e. The molecule has 0 unspecified atom stereocenters. The smallest absolute Gasteiger partial charge is 0.123 e. The molecule has 0 atom stereocenters. The third-order valence-corrected chi connectivity index (χ3v) is 3.11. The molecule has 3 heteroatoms. The molecule has 0 heterocycles. The Hall–Kier alpha value is -1.22. The van der Waals surface area contributed by atoms with Crippen LogP contribution in [-0.2, 0) is 6.54 Å². The third-order valence-electron chi connectivity index (χ3n) is 3.11. The number of hydrogen-bond donors (Lipinski definition) is 1. The van der Waals surface area contributed by atoms with Gasteiger partial charge in [-0.1, -0.05) is 32.8 Å². The number of ether oxygens (including phenoxy) is 1. The first-order valence-corrected chi connectivity index (χ1v) is 7.30. The van der Waals surface area contributed by atoms with Gasteiger partial charge in [-0.05, 0) is 32.5 Å². The molecule has 0 radical (unpaired) electrons. The Morgan fingerprint density at radius 1 is 1.16 bits per heavy atom. The lowest BCUT2D eigenvalue weighted by molar-refractivity contribution is 0.306. The minimum atomic E-state index is 0.330. The van der Waals surface area contributed by atoms with Crippen molar-refractivity contribution in [3.05, 3.63) is 23.8 Å². The van der Waals surface area contributed by atoms with Gasteiger partial charge in [0.05, 0.1) is 6.61 Å². The molecule has 3 nitrogen and oxygen atoms in total. The lowest BCUT2D eigenvalue weighted by atomic mass is 10.1. The average molecular weight is 265 g/mol. The average Bonchev–Trinajstić information content (AvgIpc) is 2.39. The lowest BCUT2D eigenvalue weighted by Crippen LogP contribution is -2.19. The summed E-state index contributed by atoms with van der Waals surface area (Å²) in [6.07, 6.45) is 4.69. The van der Waals surface area contributed by atoms with Crippen molar-refractivity contribution in [3.63, 3.8) is 0 Å². The van der Waals surface area contributed by atoms with Crippen LogP contribution >= 0.6 is 0 Å². The van der Waals surface area contributed by atoms with Gasteiger partial charge in [0.15, 0.2) is 0 Å². The second-order valence-corrected chi connectivity index (χ2v) is 5.08. The first-order valence-electron chi connectivity index (χ1n) is 7.30. The van der Waals surface area contributed by atoms with E-state index in [1.807, 2.05) is 12.1 Å². The zero-order valence-corrected chi connectivity index (χ0v) is 12.5. The number of phenols is 1. The Bertz CT molecular complexity index is 366. The van der Waals surface area contributed by atoms with Crippen molar-refractivity contribution in [1.82, 2.24) is 4.90 Å². The summed E-state index contributed by atoms with van der Waals surface area (Å²) in [5.41, 5.74) is 0.961. The molecule has 0 amide bonds. The summed E-state index contributed by atoms with van der Waals surface area (Å²) in [6, 6.07) is 5.60. The van der Waals surface area contributed by atoms with Crippen molar-refractivity contribution < 1.29 is 9.84 Å². The summed E-state index contributed by atoms with van der Waals surface area (Å²) >= 11 is 0. The highest BCUT2D eigenvalue weighted by Gasteiger charge is 2.06. The summed E-state index contributed by atoms with van der Waals surface area (Å²) in [5.74, 6) is 1.08. The molecule has 1 N–H and O–H groups in total. The van der Waals surface area contributed by atoms with Gasteiger partial charge in [-0.25, -0.2) is 0 Å². The molecule has 1 aromatic rings. The van der Waals surface area contributed by atoms with Gasteiger partial charge in [-0.15, -0.1) is 0 Å². The van der Waals surface area contributed by atoms with Crippen molar-refractivity contribution >= 4 is 0 Å². The van der Waals surface area contributed by atoms with Crippen LogP contribution in [0.2, 0.25) is 0 Å². The van der Waals surface area contributed by atoms with Crippen LogP contribution in [0.4, 0.5) is 0 Å². The normalized spacial score (nSPS) is 10.9. The van der Waals surface area contributed by atoms with Crippen molar-refractivity contribution in [2.24, 2.45) is 0 Å². The topological polar surface area (TPSA) is 32.7 Å². The summed E-state index contributed by atoms with van der Waals surface area (Å²) in [6.45, 7) is 6.82. The van der Waals surface area contributed by atoms with E-state index < -0.39 is 0 Å². The highest BCUT2D eigenvalue weighted by atomic mass is 16.5. The lowest BCUT2D eigenvalue weighted by Gasteiger charge is -2.17. The van der Waals surface area contributed by atoms with Gasteiger partial charge in [-0.3, -0.25) is 0 Å². The number of nitrogens with zero attached hydrogens (tertiary/aromatic N) is 1. The number of unbranched alkanes of at least 4 members (excludes halogenated alkanes) is 2. The Morgan fingerprint density at radius 2 is 1.95 bits per heavy atom. The zero-order valence-electron chi connectivity index (χ0n) is 12.5. The monoisotopic (exact) mass is 265 g/mol. The highest BCUT2D eigenvalue weighted by Crippen LogP contribution is 2.24. The molecule has 0 aliphatic heterocycles. The maximum Gasteiger partial charge on any atom is 0.123 e. The summed E-state index contributed by atoms with van der Waals surface area (Å²) in [4.78, 5) is 2.25. The number of aromatic hydroxyl groups is 1. The number of rotatable bonds is 9. The van der Waals surface area contributed by atoms with Crippen LogP contribution in [0.5, 0.6) is 11.5 Å². The Labute approximate surface area is 117 Å². The molecule has 0 saturated heterocycles. The van der Waals surface area contributed by atoms with E-state index in [2.05, 4.69) is 25.8 Å². The molecule has 0 fully saturated rings. The molecule has 108 valence electrons. The fourth-order valence-corrected chi connectivity index (χ4v) is 1.99. The highest BCUT2D eigenvalue weighted by molar-refractivity contribution is 5.39. The SMILES string of the molecule is CCCCCN(C)Cc1ccc(OCCC)cc1O.